The molecule has 0 amide bonds. The quantitative estimate of drug-likeness (QED) is 0.568. The molecule has 2 heterocycles. The van der Waals surface area contributed by atoms with Gasteiger partial charge in [-0.1, -0.05) is 0 Å². The summed E-state index contributed by atoms with van der Waals surface area (Å²) in [6.07, 6.45) is 1.41. The highest BCUT2D eigenvalue weighted by atomic mass is 15.3. The SMILES string of the molecule is CC(C)N1CCC12CNC2. The largest absolute Gasteiger partial charge is 0.313 e. The average Bonchev–Trinajstić information content (AvgIpc) is 1.53. The minimum absolute atomic E-state index is 0.605. The number of hydrogen-bond donors (Lipinski definition) is 1. The maximum absolute atomic E-state index is 3.35. The average molecular weight is 140 g/mol. The molecule has 0 saturated carbocycles. The van der Waals surface area contributed by atoms with Crippen LogP contribution in [-0.4, -0.2) is 36.1 Å². The summed E-state index contributed by atoms with van der Waals surface area (Å²) in [5, 5.41) is 3.35. The van der Waals surface area contributed by atoms with Crippen LogP contribution in [0.1, 0.15) is 20.3 Å². The monoisotopic (exact) mass is 140 g/mol. The minimum Gasteiger partial charge on any atom is -0.313 e. The van der Waals surface area contributed by atoms with Gasteiger partial charge in [0.15, 0.2) is 0 Å². The third-order valence-corrected chi connectivity index (χ3v) is 2.96. The molecule has 0 aromatic heterocycles. The zero-order chi connectivity index (χ0) is 7.19. The first-order chi connectivity index (χ1) is 4.75. The van der Waals surface area contributed by atoms with Crippen LogP contribution in [0.25, 0.3) is 0 Å². The molecule has 1 N–H and O–H groups in total. The fraction of sp³-hybridized carbons (Fsp3) is 1.00. The summed E-state index contributed by atoms with van der Waals surface area (Å²) in [5.74, 6) is 0. The smallest absolute Gasteiger partial charge is 0.0472 e. The molecule has 0 atom stereocenters. The molecule has 0 aliphatic carbocycles. The predicted octanol–water partition coefficient (Wildman–Crippen LogP) is 0.442. The van der Waals surface area contributed by atoms with Gasteiger partial charge in [-0.2, -0.15) is 0 Å². The Bertz CT molecular complexity index is 133. The topological polar surface area (TPSA) is 15.3 Å². The molecule has 0 aromatic carbocycles. The summed E-state index contributed by atoms with van der Waals surface area (Å²) < 4.78 is 0. The third-order valence-electron chi connectivity index (χ3n) is 2.96. The first kappa shape index (κ1) is 6.62. The van der Waals surface area contributed by atoms with Gasteiger partial charge in [-0.25, -0.2) is 0 Å². The van der Waals surface area contributed by atoms with Gasteiger partial charge in [-0.05, 0) is 20.3 Å². The molecule has 2 aliphatic rings. The molecule has 0 bridgehead atoms. The van der Waals surface area contributed by atoms with Crippen molar-refractivity contribution in [2.75, 3.05) is 19.6 Å². The van der Waals surface area contributed by atoms with Crippen LogP contribution in [0.15, 0.2) is 0 Å². The number of nitrogens with one attached hydrogen (secondary N) is 1. The molecule has 2 saturated heterocycles. The highest BCUT2D eigenvalue weighted by molar-refractivity contribution is 5.09. The van der Waals surface area contributed by atoms with Crippen molar-refractivity contribution in [1.29, 1.82) is 0 Å². The number of nitrogens with zero attached hydrogens (tertiary/aromatic N) is 1. The first-order valence-corrected chi connectivity index (χ1v) is 4.22. The van der Waals surface area contributed by atoms with Crippen LogP contribution in [0.2, 0.25) is 0 Å². The van der Waals surface area contributed by atoms with E-state index in [1.165, 1.54) is 26.1 Å². The van der Waals surface area contributed by atoms with Crippen molar-refractivity contribution in [2.24, 2.45) is 0 Å². The van der Waals surface area contributed by atoms with E-state index in [2.05, 4.69) is 24.1 Å². The number of likely N-dealkylation sites (tertiary alicyclic amines) is 1. The van der Waals surface area contributed by atoms with Crippen LogP contribution >= 0.6 is 0 Å². The Balaban J connectivity index is 1.99. The van der Waals surface area contributed by atoms with Crippen molar-refractivity contribution in [3.8, 4) is 0 Å². The van der Waals surface area contributed by atoms with Crippen molar-refractivity contribution < 1.29 is 0 Å². The maximum Gasteiger partial charge on any atom is 0.0472 e. The normalized spacial score (nSPS) is 30.3. The summed E-state index contributed by atoms with van der Waals surface area (Å²) in [6.45, 7) is 8.36. The highest BCUT2D eigenvalue weighted by Gasteiger charge is 2.49. The second kappa shape index (κ2) is 1.95. The number of rotatable bonds is 1. The molecular weight excluding hydrogens is 124 g/mol. The fourth-order valence-electron chi connectivity index (χ4n) is 2.16. The summed E-state index contributed by atoms with van der Waals surface area (Å²) >= 11 is 0. The molecule has 58 valence electrons. The Labute approximate surface area is 62.6 Å². The van der Waals surface area contributed by atoms with E-state index in [0.717, 1.165) is 6.04 Å². The highest BCUT2D eigenvalue weighted by Crippen LogP contribution is 2.35. The van der Waals surface area contributed by atoms with E-state index in [9.17, 15) is 0 Å². The van der Waals surface area contributed by atoms with Crippen molar-refractivity contribution in [2.45, 2.75) is 31.8 Å². The molecule has 2 fully saturated rings. The Morgan fingerprint density at radius 3 is 2.20 bits per heavy atom. The van der Waals surface area contributed by atoms with Gasteiger partial charge < -0.3 is 5.32 Å². The van der Waals surface area contributed by atoms with Crippen LogP contribution in [0.5, 0.6) is 0 Å². The van der Waals surface area contributed by atoms with Gasteiger partial charge in [0, 0.05) is 31.2 Å². The van der Waals surface area contributed by atoms with E-state index in [1.54, 1.807) is 0 Å². The van der Waals surface area contributed by atoms with Gasteiger partial charge in [0.05, 0.1) is 0 Å². The van der Waals surface area contributed by atoms with Gasteiger partial charge in [-0.3, -0.25) is 4.90 Å². The minimum atomic E-state index is 0.605. The third kappa shape index (κ3) is 0.663. The zero-order valence-electron chi connectivity index (χ0n) is 6.85. The number of hydrogen-bond acceptors (Lipinski definition) is 2. The second-order valence-electron chi connectivity index (χ2n) is 3.87. The maximum atomic E-state index is 3.35. The molecule has 10 heavy (non-hydrogen) atoms. The summed E-state index contributed by atoms with van der Waals surface area (Å²) in [7, 11) is 0. The predicted molar refractivity (Wildman–Crippen MR) is 42.1 cm³/mol. The molecule has 2 nitrogen and oxygen atoms in total. The van der Waals surface area contributed by atoms with Crippen LogP contribution in [0.3, 0.4) is 0 Å². The Morgan fingerprint density at radius 1 is 1.40 bits per heavy atom. The Hall–Kier alpha value is -0.0800. The van der Waals surface area contributed by atoms with Gasteiger partial charge in [0.2, 0.25) is 0 Å². The first-order valence-electron chi connectivity index (χ1n) is 4.22. The summed E-state index contributed by atoms with van der Waals surface area (Å²) in [4.78, 5) is 2.61. The standard InChI is InChI=1S/C8H16N2/c1-7(2)10-4-3-8(10)5-9-6-8/h7,9H,3-6H2,1-2H3. The summed E-state index contributed by atoms with van der Waals surface area (Å²) in [5.41, 5.74) is 0.605. The molecule has 0 aromatic rings. The van der Waals surface area contributed by atoms with Crippen LogP contribution in [0, 0.1) is 0 Å². The molecule has 2 heteroatoms. The van der Waals surface area contributed by atoms with Gasteiger partial charge in [-0.15, -0.1) is 0 Å². The van der Waals surface area contributed by atoms with E-state index in [4.69, 9.17) is 0 Å². The lowest BCUT2D eigenvalue weighted by atomic mass is 9.78. The Morgan fingerprint density at radius 2 is 2.10 bits per heavy atom. The molecule has 1 spiro atoms. The van der Waals surface area contributed by atoms with Crippen LogP contribution in [0.4, 0.5) is 0 Å². The van der Waals surface area contributed by atoms with E-state index in [1.807, 2.05) is 0 Å². The molecular formula is C8H16N2. The Kier molecular flexibility index (Phi) is 1.29. The lowest BCUT2D eigenvalue weighted by Crippen LogP contribution is -2.77. The zero-order valence-corrected chi connectivity index (χ0v) is 6.85. The molecule has 0 radical (unpaired) electrons. The lowest BCUT2D eigenvalue weighted by molar-refractivity contribution is -0.0742. The molecule has 2 rings (SSSR count). The molecule has 2 aliphatic heterocycles. The molecule has 0 unspecified atom stereocenters. The fourth-order valence-corrected chi connectivity index (χ4v) is 2.16. The van der Waals surface area contributed by atoms with Crippen LogP contribution < -0.4 is 5.32 Å². The van der Waals surface area contributed by atoms with E-state index >= 15 is 0 Å². The second-order valence-corrected chi connectivity index (χ2v) is 3.87. The van der Waals surface area contributed by atoms with E-state index in [-0.39, 0.29) is 0 Å². The van der Waals surface area contributed by atoms with Crippen molar-refractivity contribution in [3.05, 3.63) is 0 Å². The summed E-state index contributed by atoms with van der Waals surface area (Å²) in [6, 6.07) is 0.746. The lowest BCUT2D eigenvalue weighted by Gasteiger charge is -2.60. The van der Waals surface area contributed by atoms with E-state index < -0.39 is 0 Å². The van der Waals surface area contributed by atoms with E-state index in [0.29, 0.717) is 5.54 Å². The van der Waals surface area contributed by atoms with Crippen molar-refractivity contribution in [1.82, 2.24) is 10.2 Å². The van der Waals surface area contributed by atoms with Crippen molar-refractivity contribution >= 4 is 0 Å². The van der Waals surface area contributed by atoms with Crippen LogP contribution in [-0.2, 0) is 0 Å². The van der Waals surface area contributed by atoms with Gasteiger partial charge in [0.25, 0.3) is 0 Å². The van der Waals surface area contributed by atoms with Crippen molar-refractivity contribution in [3.63, 3.8) is 0 Å². The van der Waals surface area contributed by atoms with Gasteiger partial charge in [0.1, 0.15) is 0 Å². The van der Waals surface area contributed by atoms with Gasteiger partial charge >= 0.3 is 0 Å².